The highest BCUT2D eigenvalue weighted by Gasteiger charge is 2.37. The van der Waals surface area contributed by atoms with Gasteiger partial charge in [-0.1, -0.05) is 18.2 Å². The lowest BCUT2D eigenvalue weighted by molar-refractivity contribution is -0.133. The molecule has 0 saturated carbocycles. The van der Waals surface area contributed by atoms with E-state index in [-0.39, 0.29) is 11.1 Å². The number of rotatable bonds is 4. The van der Waals surface area contributed by atoms with Crippen LogP contribution in [-0.2, 0) is 20.4 Å². The molecular weight excluding hydrogens is 318 g/mol. The first-order valence-corrected chi connectivity index (χ1v) is 8.39. The van der Waals surface area contributed by atoms with Crippen LogP contribution in [0.25, 0.3) is 0 Å². The molecule has 2 rings (SSSR count). The van der Waals surface area contributed by atoms with Gasteiger partial charge in [0.05, 0.1) is 27.9 Å². The lowest BCUT2D eigenvalue weighted by atomic mass is 9.80. The fourth-order valence-corrected chi connectivity index (χ4v) is 3.64. The number of carboxylic acid groups (broad SMARTS) is 2. The smallest absolute Gasteiger partial charge is 0.334 e. The third-order valence-corrected chi connectivity index (χ3v) is 4.75. The van der Waals surface area contributed by atoms with E-state index in [1.165, 1.54) is 6.26 Å². The molecule has 0 bridgehead atoms. The minimum absolute atomic E-state index is 0.0501. The largest absolute Gasteiger partial charge is 0.478 e. The van der Waals surface area contributed by atoms with Gasteiger partial charge in [0.1, 0.15) is 0 Å². The molecule has 0 saturated heterocycles. The van der Waals surface area contributed by atoms with Crippen molar-refractivity contribution in [1.29, 1.82) is 0 Å². The summed E-state index contributed by atoms with van der Waals surface area (Å²) in [5.74, 6) is -3.39. The Morgan fingerprint density at radius 3 is 1.96 bits per heavy atom. The fourth-order valence-electron chi connectivity index (χ4n) is 2.85. The van der Waals surface area contributed by atoms with Gasteiger partial charge in [-0.15, -0.1) is 0 Å². The summed E-state index contributed by atoms with van der Waals surface area (Å²) in [5.41, 5.74) is 1.09. The van der Waals surface area contributed by atoms with E-state index in [0.29, 0.717) is 21.9 Å². The summed E-state index contributed by atoms with van der Waals surface area (Å²) in [7, 11) is -1.37. The molecule has 1 aliphatic heterocycles. The van der Waals surface area contributed by atoms with Crippen molar-refractivity contribution in [2.24, 2.45) is 0 Å². The van der Waals surface area contributed by atoms with E-state index < -0.39 is 28.7 Å². The SMILES string of the molecule is CC1=C(C(=O)O)C(c2ccccc2S(C)=O)C(C(=O)O)=C(C)N1. The van der Waals surface area contributed by atoms with Crippen LogP contribution < -0.4 is 5.32 Å². The van der Waals surface area contributed by atoms with Crippen LogP contribution in [0.2, 0.25) is 0 Å². The Bertz CT molecular complexity index is 742. The lowest BCUT2D eigenvalue weighted by Gasteiger charge is -2.29. The number of nitrogens with one attached hydrogen (secondary N) is 1. The first-order valence-electron chi connectivity index (χ1n) is 6.83. The molecule has 6 nitrogen and oxygen atoms in total. The summed E-state index contributed by atoms with van der Waals surface area (Å²) in [6.07, 6.45) is 1.48. The van der Waals surface area contributed by atoms with Crippen molar-refractivity contribution in [3.8, 4) is 0 Å². The van der Waals surface area contributed by atoms with Crippen LogP contribution >= 0.6 is 0 Å². The maximum absolute atomic E-state index is 12.0. The summed E-state index contributed by atoms with van der Waals surface area (Å²) in [5, 5.41) is 21.9. The molecule has 1 aromatic carbocycles. The number of allylic oxidation sites excluding steroid dienone is 2. The Morgan fingerprint density at radius 1 is 1.04 bits per heavy atom. The number of carbonyl (C=O) groups is 2. The van der Waals surface area contributed by atoms with Crippen LogP contribution in [-0.4, -0.2) is 32.6 Å². The fraction of sp³-hybridized carbons (Fsp3) is 0.250. The maximum atomic E-state index is 12.0. The van der Waals surface area contributed by atoms with Crippen molar-refractivity contribution in [3.63, 3.8) is 0 Å². The second-order valence-corrected chi connectivity index (χ2v) is 6.59. The third kappa shape index (κ3) is 3.05. The topological polar surface area (TPSA) is 104 Å². The van der Waals surface area contributed by atoms with Gasteiger partial charge in [-0.05, 0) is 25.5 Å². The van der Waals surface area contributed by atoms with Gasteiger partial charge in [0, 0.05) is 22.5 Å². The first-order chi connectivity index (χ1) is 10.8. The van der Waals surface area contributed by atoms with E-state index in [4.69, 9.17) is 0 Å². The average molecular weight is 335 g/mol. The van der Waals surface area contributed by atoms with Crippen LogP contribution in [0.1, 0.15) is 25.3 Å². The molecular formula is C16H17NO5S. The molecule has 1 heterocycles. The number of benzene rings is 1. The number of hydrogen-bond donors (Lipinski definition) is 3. The van der Waals surface area contributed by atoms with E-state index in [1.807, 2.05) is 0 Å². The average Bonchev–Trinajstić information content (AvgIpc) is 2.45. The van der Waals surface area contributed by atoms with E-state index in [9.17, 15) is 24.0 Å². The molecule has 0 fully saturated rings. The van der Waals surface area contributed by atoms with Gasteiger partial charge in [0.25, 0.3) is 0 Å². The Morgan fingerprint density at radius 2 is 1.52 bits per heavy atom. The molecule has 1 aliphatic rings. The monoisotopic (exact) mass is 335 g/mol. The zero-order valence-electron chi connectivity index (χ0n) is 12.9. The number of carboxylic acids is 2. The Labute approximate surface area is 136 Å². The van der Waals surface area contributed by atoms with Crippen LogP contribution in [0, 0.1) is 0 Å². The highest BCUT2D eigenvalue weighted by atomic mass is 32.2. The minimum atomic E-state index is -1.37. The molecule has 1 aromatic rings. The predicted octanol–water partition coefficient (Wildman–Crippen LogP) is 1.83. The predicted molar refractivity (Wildman–Crippen MR) is 85.3 cm³/mol. The molecule has 3 N–H and O–H groups in total. The van der Waals surface area contributed by atoms with Gasteiger partial charge in [-0.2, -0.15) is 0 Å². The summed E-state index contributed by atoms with van der Waals surface area (Å²) in [6.45, 7) is 3.17. The van der Waals surface area contributed by atoms with Crippen molar-refractivity contribution in [3.05, 3.63) is 52.4 Å². The van der Waals surface area contributed by atoms with Gasteiger partial charge >= 0.3 is 11.9 Å². The standard InChI is InChI=1S/C16H17NO5S/c1-8-12(15(18)19)14(13(16(20)21)9(2)17-8)10-6-4-5-7-11(10)23(3)22/h4-7,14,17H,1-3H3,(H,18,19)(H,20,21). The van der Waals surface area contributed by atoms with Crippen molar-refractivity contribution < 1.29 is 24.0 Å². The van der Waals surface area contributed by atoms with Crippen molar-refractivity contribution in [2.45, 2.75) is 24.7 Å². The summed E-state index contributed by atoms with van der Waals surface area (Å²) >= 11 is 0. The second kappa shape index (κ2) is 6.37. The molecule has 0 aliphatic carbocycles. The molecule has 23 heavy (non-hydrogen) atoms. The quantitative estimate of drug-likeness (QED) is 0.775. The zero-order chi connectivity index (χ0) is 17.3. The number of hydrogen-bond acceptors (Lipinski definition) is 4. The number of aliphatic carboxylic acids is 2. The minimum Gasteiger partial charge on any atom is -0.478 e. The molecule has 1 unspecified atom stereocenters. The van der Waals surface area contributed by atoms with Crippen LogP contribution in [0.15, 0.2) is 51.7 Å². The molecule has 0 amide bonds. The van der Waals surface area contributed by atoms with Crippen LogP contribution in [0.5, 0.6) is 0 Å². The van der Waals surface area contributed by atoms with Gasteiger partial charge in [0.2, 0.25) is 0 Å². The molecule has 7 heteroatoms. The summed E-state index contributed by atoms with van der Waals surface area (Å²) in [4.78, 5) is 23.9. The molecule has 0 aromatic heterocycles. The molecule has 0 radical (unpaired) electrons. The van der Waals surface area contributed by atoms with Gasteiger partial charge in [-0.25, -0.2) is 9.59 Å². The van der Waals surface area contributed by atoms with Crippen molar-refractivity contribution in [2.75, 3.05) is 6.26 Å². The summed E-state index contributed by atoms with van der Waals surface area (Å²) in [6, 6.07) is 6.61. The normalized spacial score (nSPS) is 17.0. The molecule has 0 spiro atoms. The molecule has 122 valence electrons. The van der Waals surface area contributed by atoms with Gasteiger partial charge in [0.15, 0.2) is 0 Å². The Kier molecular flexibility index (Phi) is 4.70. The van der Waals surface area contributed by atoms with E-state index in [2.05, 4.69) is 5.32 Å². The van der Waals surface area contributed by atoms with Crippen molar-refractivity contribution >= 4 is 22.7 Å². The van der Waals surface area contributed by atoms with Crippen molar-refractivity contribution in [1.82, 2.24) is 5.32 Å². The molecule has 1 atom stereocenters. The van der Waals surface area contributed by atoms with Gasteiger partial charge in [-0.3, -0.25) is 4.21 Å². The Hall–Kier alpha value is -2.41. The van der Waals surface area contributed by atoms with E-state index >= 15 is 0 Å². The highest BCUT2D eigenvalue weighted by molar-refractivity contribution is 7.84. The summed E-state index contributed by atoms with van der Waals surface area (Å²) < 4.78 is 12.0. The maximum Gasteiger partial charge on any atom is 0.334 e. The van der Waals surface area contributed by atoms with E-state index in [0.717, 1.165) is 0 Å². The second-order valence-electron chi connectivity index (χ2n) is 5.24. The highest BCUT2D eigenvalue weighted by Crippen LogP contribution is 2.40. The van der Waals surface area contributed by atoms with Crippen LogP contribution in [0.4, 0.5) is 0 Å². The van der Waals surface area contributed by atoms with Crippen LogP contribution in [0.3, 0.4) is 0 Å². The number of dihydropyridines is 1. The zero-order valence-corrected chi connectivity index (χ0v) is 13.7. The van der Waals surface area contributed by atoms with Gasteiger partial charge < -0.3 is 15.5 Å². The van der Waals surface area contributed by atoms with E-state index in [1.54, 1.807) is 38.1 Å². The first kappa shape index (κ1) is 17.0. The lowest BCUT2D eigenvalue weighted by Crippen LogP contribution is -2.31. The third-order valence-electron chi connectivity index (χ3n) is 3.76. The Balaban J connectivity index is 2.81.